The molecule has 2 heterocycles. The maximum atomic E-state index is 12.5. The number of amides is 2. The third-order valence-electron chi connectivity index (χ3n) is 5.45. The fourth-order valence-corrected chi connectivity index (χ4v) is 4.68. The number of hydrogen-bond donors (Lipinski definition) is 1. The van der Waals surface area contributed by atoms with Crippen LogP contribution in [0.15, 0.2) is 29.6 Å². The van der Waals surface area contributed by atoms with Crippen LogP contribution in [0, 0.1) is 6.92 Å². The van der Waals surface area contributed by atoms with E-state index in [2.05, 4.69) is 39.5 Å². The predicted molar refractivity (Wildman–Crippen MR) is 104 cm³/mol. The third-order valence-corrected chi connectivity index (χ3v) is 6.27. The highest BCUT2D eigenvalue weighted by Crippen LogP contribution is 2.26. The fraction of sp³-hybridized carbons (Fsp3) is 0.500. The lowest BCUT2D eigenvalue weighted by Gasteiger charge is -2.27. The lowest BCUT2D eigenvalue weighted by atomic mass is 10.1. The Kier molecular flexibility index (Phi) is 5.22. The molecule has 1 fully saturated rings. The van der Waals surface area contributed by atoms with Crippen LogP contribution in [0.2, 0.25) is 0 Å². The molecule has 1 aliphatic heterocycles. The van der Waals surface area contributed by atoms with Gasteiger partial charge in [-0.1, -0.05) is 24.3 Å². The van der Waals surface area contributed by atoms with Crippen LogP contribution in [0.3, 0.4) is 0 Å². The van der Waals surface area contributed by atoms with E-state index in [9.17, 15) is 4.79 Å². The van der Waals surface area contributed by atoms with Gasteiger partial charge in [-0.15, -0.1) is 11.3 Å². The van der Waals surface area contributed by atoms with E-state index < -0.39 is 0 Å². The number of fused-ring (bicyclic) bond motifs is 1. The Bertz CT molecular complexity index is 750. The smallest absolute Gasteiger partial charge is 0.317 e. The summed E-state index contributed by atoms with van der Waals surface area (Å²) in [5.74, 6) is 0. The summed E-state index contributed by atoms with van der Waals surface area (Å²) in [7, 11) is 0. The van der Waals surface area contributed by atoms with Gasteiger partial charge >= 0.3 is 6.03 Å². The van der Waals surface area contributed by atoms with E-state index in [1.807, 2.05) is 17.2 Å². The lowest BCUT2D eigenvalue weighted by Crippen LogP contribution is -2.43. The molecule has 2 aromatic rings. The minimum absolute atomic E-state index is 0.0345. The molecule has 0 atom stereocenters. The van der Waals surface area contributed by atoms with Gasteiger partial charge in [0, 0.05) is 37.6 Å². The third kappa shape index (κ3) is 3.91. The monoisotopic (exact) mass is 370 g/mol. The standard InChI is InChI=1S/C20H26N4OS/c1-15-22-18(14-26-15)13-21-20(25)24-8-4-7-23(9-10-24)19-11-16-5-2-3-6-17(16)12-19/h2-3,5-6,14,19H,4,7-13H2,1H3,(H,21,25). The molecule has 6 heteroatoms. The van der Waals surface area contributed by atoms with Gasteiger partial charge in [0.05, 0.1) is 17.2 Å². The molecule has 1 aromatic heterocycles. The SMILES string of the molecule is Cc1nc(CNC(=O)N2CCCN(C3Cc4ccccc4C3)CC2)cs1. The van der Waals surface area contributed by atoms with E-state index in [0.717, 1.165) is 56.1 Å². The Balaban J connectivity index is 1.29. The van der Waals surface area contributed by atoms with Crippen molar-refractivity contribution in [2.75, 3.05) is 26.2 Å². The van der Waals surface area contributed by atoms with Crippen LogP contribution in [0.1, 0.15) is 28.2 Å². The number of aromatic nitrogens is 1. The molecule has 1 N–H and O–H groups in total. The topological polar surface area (TPSA) is 48.5 Å². The van der Waals surface area contributed by atoms with Gasteiger partial charge in [0.25, 0.3) is 0 Å². The molecule has 2 aliphatic rings. The van der Waals surface area contributed by atoms with Crippen LogP contribution < -0.4 is 5.32 Å². The quantitative estimate of drug-likeness (QED) is 0.904. The second-order valence-electron chi connectivity index (χ2n) is 7.22. The fourth-order valence-electron chi connectivity index (χ4n) is 4.07. The van der Waals surface area contributed by atoms with Crippen molar-refractivity contribution >= 4 is 17.4 Å². The first-order chi connectivity index (χ1) is 12.7. The van der Waals surface area contributed by atoms with Crippen LogP contribution >= 0.6 is 11.3 Å². The summed E-state index contributed by atoms with van der Waals surface area (Å²) in [6.45, 7) is 6.17. The summed E-state index contributed by atoms with van der Waals surface area (Å²) in [5, 5.41) is 6.07. The molecule has 1 aliphatic carbocycles. The number of aryl methyl sites for hydroxylation is 1. The van der Waals surface area contributed by atoms with Crippen molar-refractivity contribution in [2.24, 2.45) is 0 Å². The van der Waals surface area contributed by atoms with E-state index in [4.69, 9.17) is 0 Å². The minimum atomic E-state index is 0.0345. The highest BCUT2D eigenvalue weighted by Gasteiger charge is 2.28. The van der Waals surface area contributed by atoms with Gasteiger partial charge in [-0.2, -0.15) is 0 Å². The highest BCUT2D eigenvalue weighted by molar-refractivity contribution is 7.09. The molecule has 5 nitrogen and oxygen atoms in total. The Hall–Kier alpha value is -1.92. The van der Waals surface area contributed by atoms with E-state index in [1.54, 1.807) is 11.3 Å². The first-order valence-corrected chi connectivity index (χ1v) is 10.3. The first kappa shape index (κ1) is 17.5. The van der Waals surface area contributed by atoms with Crippen molar-refractivity contribution in [3.63, 3.8) is 0 Å². The van der Waals surface area contributed by atoms with Gasteiger partial charge in [0.2, 0.25) is 0 Å². The van der Waals surface area contributed by atoms with E-state index in [-0.39, 0.29) is 6.03 Å². The largest absolute Gasteiger partial charge is 0.332 e. The molecular weight excluding hydrogens is 344 g/mol. The molecule has 138 valence electrons. The number of thiazole rings is 1. The van der Waals surface area contributed by atoms with Crippen molar-refractivity contribution in [1.82, 2.24) is 20.1 Å². The highest BCUT2D eigenvalue weighted by atomic mass is 32.1. The zero-order valence-corrected chi connectivity index (χ0v) is 16.1. The molecule has 0 spiro atoms. The number of benzene rings is 1. The normalized spacial score (nSPS) is 18.6. The van der Waals surface area contributed by atoms with Crippen molar-refractivity contribution in [1.29, 1.82) is 0 Å². The molecule has 1 aromatic carbocycles. The number of nitrogens with zero attached hydrogens (tertiary/aromatic N) is 3. The maximum Gasteiger partial charge on any atom is 0.317 e. The van der Waals surface area contributed by atoms with Crippen molar-refractivity contribution in [2.45, 2.75) is 38.8 Å². The Morgan fingerprint density at radius 2 is 1.96 bits per heavy atom. The van der Waals surface area contributed by atoms with Crippen LogP contribution in [0.4, 0.5) is 4.79 Å². The van der Waals surface area contributed by atoms with Crippen LogP contribution in [-0.4, -0.2) is 53.0 Å². The zero-order valence-electron chi connectivity index (χ0n) is 15.3. The number of carbonyl (C=O) groups is 1. The maximum absolute atomic E-state index is 12.5. The van der Waals surface area contributed by atoms with Crippen molar-refractivity contribution in [3.05, 3.63) is 51.5 Å². The van der Waals surface area contributed by atoms with Gasteiger partial charge < -0.3 is 10.2 Å². The van der Waals surface area contributed by atoms with Crippen molar-refractivity contribution < 1.29 is 4.79 Å². The Labute approximate surface area is 159 Å². The van der Waals surface area contributed by atoms with Gasteiger partial charge in [-0.25, -0.2) is 9.78 Å². The molecule has 1 saturated heterocycles. The average molecular weight is 371 g/mol. The summed E-state index contributed by atoms with van der Waals surface area (Å²) >= 11 is 1.62. The van der Waals surface area contributed by atoms with Crippen molar-refractivity contribution in [3.8, 4) is 0 Å². The molecule has 0 radical (unpaired) electrons. The Morgan fingerprint density at radius 1 is 1.19 bits per heavy atom. The van der Waals surface area contributed by atoms with E-state index >= 15 is 0 Å². The Morgan fingerprint density at radius 3 is 2.65 bits per heavy atom. The van der Waals surface area contributed by atoms with Gasteiger partial charge in [0.15, 0.2) is 0 Å². The number of hydrogen-bond acceptors (Lipinski definition) is 4. The molecule has 4 rings (SSSR count). The molecule has 0 unspecified atom stereocenters. The molecular formula is C20H26N4OS. The molecule has 26 heavy (non-hydrogen) atoms. The summed E-state index contributed by atoms with van der Waals surface area (Å²) in [6.07, 6.45) is 3.33. The van der Waals surface area contributed by atoms with Crippen LogP contribution in [0.5, 0.6) is 0 Å². The summed E-state index contributed by atoms with van der Waals surface area (Å²) in [5.41, 5.74) is 3.94. The molecule has 0 bridgehead atoms. The molecule has 0 saturated carbocycles. The lowest BCUT2D eigenvalue weighted by molar-refractivity contribution is 0.188. The van der Waals surface area contributed by atoms with E-state index in [1.165, 1.54) is 11.1 Å². The second kappa shape index (κ2) is 7.76. The number of nitrogens with one attached hydrogen (secondary N) is 1. The summed E-state index contributed by atoms with van der Waals surface area (Å²) in [6, 6.07) is 9.42. The van der Waals surface area contributed by atoms with Crippen LogP contribution in [-0.2, 0) is 19.4 Å². The van der Waals surface area contributed by atoms with E-state index in [0.29, 0.717) is 12.6 Å². The second-order valence-corrected chi connectivity index (χ2v) is 8.29. The number of urea groups is 1. The number of rotatable bonds is 3. The summed E-state index contributed by atoms with van der Waals surface area (Å²) in [4.78, 5) is 21.5. The average Bonchev–Trinajstić information content (AvgIpc) is 3.18. The molecule has 2 amide bonds. The predicted octanol–water partition coefficient (Wildman–Crippen LogP) is 2.84. The van der Waals surface area contributed by atoms with Gasteiger partial charge in [-0.3, -0.25) is 4.90 Å². The van der Waals surface area contributed by atoms with Crippen LogP contribution in [0.25, 0.3) is 0 Å². The first-order valence-electron chi connectivity index (χ1n) is 9.43. The number of carbonyl (C=O) groups excluding carboxylic acids is 1. The summed E-state index contributed by atoms with van der Waals surface area (Å²) < 4.78 is 0. The van der Waals surface area contributed by atoms with Gasteiger partial charge in [-0.05, 0) is 37.3 Å². The van der Waals surface area contributed by atoms with Gasteiger partial charge in [0.1, 0.15) is 0 Å². The zero-order chi connectivity index (χ0) is 17.9. The minimum Gasteiger partial charge on any atom is -0.332 e.